The summed E-state index contributed by atoms with van der Waals surface area (Å²) < 4.78 is 0. The van der Waals surface area contributed by atoms with Gasteiger partial charge in [-0.3, -0.25) is 19.4 Å². The molecule has 3 amide bonds. The Hall–Kier alpha value is -4.07. The Morgan fingerprint density at radius 3 is 2.68 bits per heavy atom. The SMILES string of the molecule is O=C(N[C@H]1CCN2C(=O)c3cc(-c4ccccc4)ccc3NC(=O)[C@H]12)c1cnccn1. The second-order valence-corrected chi connectivity index (χ2v) is 7.52. The van der Waals surface area contributed by atoms with E-state index in [9.17, 15) is 14.4 Å². The minimum Gasteiger partial charge on any atom is -0.345 e. The zero-order valence-corrected chi connectivity index (χ0v) is 16.5. The van der Waals surface area contributed by atoms with Crippen LogP contribution in [0.1, 0.15) is 27.3 Å². The van der Waals surface area contributed by atoms with Crippen molar-refractivity contribution in [2.24, 2.45) is 0 Å². The van der Waals surface area contributed by atoms with Gasteiger partial charge in [-0.25, -0.2) is 4.98 Å². The molecule has 0 bridgehead atoms. The number of amides is 3. The number of hydrogen-bond donors (Lipinski definition) is 2. The second-order valence-electron chi connectivity index (χ2n) is 7.52. The lowest BCUT2D eigenvalue weighted by atomic mass is 10.0. The highest BCUT2D eigenvalue weighted by Gasteiger charge is 2.45. The van der Waals surface area contributed by atoms with Crippen molar-refractivity contribution in [3.63, 3.8) is 0 Å². The van der Waals surface area contributed by atoms with Crippen LogP contribution in [0.25, 0.3) is 11.1 Å². The lowest BCUT2D eigenvalue weighted by Gasteiger charge is -2.24. The van der Waals surface area contributed by atoms with Gasteiger partial charge in [0.1, 0.15) is 11.7 Å². The van der Waals surface area contributed by atoms with Gasteiger partial charge in [0.05, 0.1) is 23.5 Å². The highest BCUT2D eigenvalue weighted by Crippen LogP contribution is 2.32. The summed E-state index contributed by atoms with van der Waals surface area (Å²) >= 11 is 0. The van der Waals surface area contributed by atoms with Crippen LogP contribution >= 0.6 is 0 Å². The van der Waals surface area contributed by atoms with Gasteiger partial charge in [0.25, 0.3) is 11.8 Å². The monoisotopic (exact) mass is 413 g/mol. The van der Waals surface area contributed by atoms with E-state index in [1.807, 2.05) is 36.4 Å². The zero-order valence-electron chi connectivity index (χ0n) is 16.5. The van der Waals surface area contributed by atoms with Crippen molar-refractivity contribution in [1.29, 1.82) is 0 Å². The Labute approximate surface area is 178 Å². The molecule has 5 rings (SSSR count). The molecule has 2 aliphatic rings. The molecule has 2 N–H and O–H groups in total. The van der Waals surface area contributed by atoms with E-state index in [-0.39, 0.29) is 17.5 Å². The fourth-order valence-electron chi connectivity index (χ4n) is 4.16. The van der Waals surface area contributed by atoms with Gasteiger partial charge in [0, 0.05) is 18.9 Å². The Balaban J connectivity index is 1.43. The summed E-state index contributed by atoms with van der Waals surface area (Å²) in [5.41, 5.74) is 2.96. The van der Waals surface area contributed by atoms with Crippen molar-refractivity contribution >= 4 is 23.4 Å². The van der Waals surface area contributed by atoms with E-state index in [4.69, 9.17) is 0 Å². The van der Waals surface area contributed by atoms with Crippen molar-refractivity contribution in [3.8, 4) is 11.1 Å². The minimum absolute atomic E-state index is 0.164. The van der Waals surface area contributed by atoms with Gasteiger partial charge in [0.15, 0.2) is 0 Å². The van der Waals surface area contributed by atoms with Crippen LogP contribution in [0.3, 0.4) is 0 Å². The molecule has 8 heteroatoms. The summed E-state index contributed by atoms with van der Waals surface area (Å²) in [6.07, 6.45) is 4.75. The van der Waals surface area contributed by atoms with Gasteiger partial charge < -0.3 is 15.5 Å². The molecule has 1 fully saturated rings. The number of carbonyl (C=O) groups is 3. The predicted molar refractivity (Wildman–Crippen MR) is 113 cm³/mol. The van der Waals surface area contributed by atoms with E-state index < -0.39 is 18.0 Å². The second kappa shape index (κ2) is 7.64. The maximum absolute atomic E-state index is 13.3. The molecule has 154 valence electrons. The Kier molecular flexibility index (Phi) is 4.66. The van der Waals surface area contributed by atoms with Crippen molar-refractivity contribution in [2.75, 3.05) is 11.9 Å². The van der Waals surface area contributed by atoms with Crippen molar-refractivity contribution in [3.05, 3.63) is 78.4 Å². The quantitative estimate of drug-likeness (QED) is 0.684. The maximum Gasteiger partial charge on any atom is 0.271 e. The van der Waals surface area contributed by atoms with Gasteiger partial charge in [0.2, 0.25) is 5.91 Å². The highest BCUT2D eigenvalue weighted by atomic mass is 16.2. The molecule has 2 aliphatic heterocycles. The number of fused-ring (bicyclic) bond motifs is 2. The van der Waals surface area contributed by atoms with Crippen molar-refractivity contribution in [1.82, 2.24) is 20.2 Å². The number of benzene rings is 2. The molecule has 0 aliphatic carbocycles. The summed E-state index contributed by atoms with van der Waals surface area (Å²) in [5, 5.41) is 5.71. The topological polar surface area (TPSA) is 104 Å². The van der Waals surface area contributed by atoms with Gasteiger partial charge in [-0.05, 0) is 29.7 Å². The molecule has 3 aromatic rings. The van der Waals surface area contributed by atoms with Crippen LogP contribution < -0.4 is 10.6 Å². The van der Waals surface area contributed by atoms with Crippen LogP contribution in [0.5, 0.6) is 0 Å². The van der Waals surface area contributed by atoms with Crippen LogP contribution in [0.2, 0.25) is 0 Å². The first-order chi connectivity index (χ1) is 15.1. The molecule has 0 saturated carbocycles. The van der Waals surface area contributed by atoms with Crippen molar-refractivity contribution in [2.45, 2.75) is 18.5 Å². The Bertz CT molecular complexity index is 1170. The van der Waals surface area contributed by atoms with Gasteiger partial charge in [-0.15, -0.1) is 0 Å². The van der Waals surface area contributed by atoms with Gasteiger partial charge in [-0.1, -0.05) is 36.4 Å². The van der Waals surface area contributed by atoms with Crippen LogP contribution in [0.15, 0.2) is 67.1 Å². The lowest BCUT2D eigenvalue weighted by Crippen LogP contribution is -2.51. The normalized spacial score (nSPS) is 19.8. The average molecular weight is 413 g/mol. The standard InChI is InChI=1S/C23H19N5O3/c29-21(19-13-24-9-10-25-19)27-18-8-11-28-20(18)22(30)26-17-7-6-15(12-16(17)23(28)31)14-4-2-1-3-5-14/h1-7,9-10,12-13,18,20H,8,11H2,(H,26,30)(H,27,29)/t18-,20-/m0/s1. The van der Waals surface area contributed by atoms with Crippen LogP contribution in [0, 0.1) is 0 Å². The lowest BCUT2D eigenvalue weighted by molar-refractivity contribution is -0.120. The number of aromatic nitrogens is 2. The summed E-state index contributed by atoms with van der Waals surface area (Å²) in [4.78, 5) is 48.3. The molecule has 2 aromatic carbocycles. The molecule has 31 heavy (non-hydrogen) atoms. The summed E-state index contributed by atoms with van der Waals surface area (Å²) in [7, 11) is 0. The number of rotatable bonds is 3. The summed E-state index contributed by atoms with van der Waals surface area (Å²) in [6.45, 7) is 0.372. The first kappa shape index (κ1) is 18.9. The van der Waals surface area contributed by atoms with E-state index >= 15 is 0 Å². The molecule has 8 nitrogen and oxygen atoms in total. The fraction of sp³-hybridized carbons (Fsp3) is 0.174. The molecular weight excluding hydrogens is 394 g/mol. The predicted octanol–water partition coefficient (Wildman–Crippen LogP) is 2.11. The average Bonchev–Trinajstić information content (AvgIpc) is 3.19. The first-order valence-corrected chi connectivity index (χ1v) is 10.00. The molecule has 0 radical (unpaired) electrons. The molecule has 0 unspecified atom stereocenters. The van der Waals surface area contributed by atoms with Gasteiger partial charge >= 0.3 is 0 Å². The number of hydrogen-bond acceptors (Lipinski definition) is 5. The number of nitrogens with zero attached hydrogens (tertiary/aromatic N) is 3. The van der Waals surface area contributed by atoms with Crippen molar-refractivity contribution < 1.29 is 14.4 Å². The van der Waals surface area contributed by atoms with Crippen LogP contribution in [-0.2, 0) is 4.79 Å². The number of carbonyl (C=O) groups excluding carboxylic acids is 3. The third-order valence-electron chi connectivity index (χ3n) is 5.65. The minimum atomic E-state index is -0.791. The summed E-state index contributed by atoms with van der Waals surface area (Å²) in [6, 6.07) is 13.9. The van der Waals surface area contributed by atoms with E-state index in [1.165, 1.54) is 23.5 Å². The van der Waals surface area contributed by atoms with Crippen LogP contribution in [-0.4, -0.2) is 51.2 Å². The Morgan fingerprint density at radius 2 is 1.90 bits per heavy atom. The highest BCUT2D eigenvalue weighted by molar-refractivity contribution is 6.11. The third kappa shape index (κ3) is 3.42. The molecule has 0 spiro atoms. The van der Waals surface area contributed by atoms with E-state index in [0.717, 1.165) is 11.1 Å². The van der Waals surface area contributed by atoms with E-state index in [2.05, 4.69) is 20.6 Å². The Morgan fingerprint density at radius 1 is 1.06 bits per heavy atom. The fourth-order valence-corrected chi connectivity index (χ4v) is 4.16. The number of nitrogens with one attached hydrogen (secondary N) is 2. The third-order valence-corrected chi connectivity index (χ3v) is 5.65. The summed E-state index contributed by atoms with van der Waals surface area (Å²) in [5.74, 6) is -0.970. The largest absolute Gasteiger partial charge is 0.345 e. The molecule has 1 aromatic heterocycles. The smallest absolute Gasteiger partial charge is 0.271 e. The zero-order chi connectivity index (χ0) is 21.4. The number of anilines is 1. The molecular formula is C23H19N5O3. The molecule has 3 heterocycles. The first-order valence-electron chi connectivity index (χ1n) is 10.00. The molecule has 1 saturated heterocycles. The van der Waals surface area contributed by atoms with E-state index in [0.29, 0.717) is 24.2 Å². The molecule has 2 atom stereocenters. The van der Waals surface area contributed by atoms with Crippen LogP contribution in [0.4, 0.5) is 5.69 Å². The maximum atomic E-state index is 13.3. The van der Waals surface area contributed by atoms with E-state index in [1.54, 1.807) is 12.1 Å². The van der Waals surface area contributed by atoms with Gasteiger partial charge in [-0.2, -0.15) is 0 Å².